The molecule has 4 aromatic heterocycles. The number of halogens is 1. The molecule has 43 heavy (non-hydrogen) atoms. The van der Waals surface area contributed by atoms with E-state index in [1.807, 2.05) is 6.92 Å². The number of aryl methyl sites for hydroxylation is 1. The molecule has 0 spiro atoms. The number of aromatic amines is 1. The van der Waals surface area contributed by atoms with E-state index >= 15 is 0 Å². The molecule has 5 rings (SSSR count). The Morgan fingerprint density at radius 1 is 1.02 bits per heavy atom. The number of piperidine rings is 1. The SMILES string of the molecule is CCCn1c(=O)n(CCOC)c(=O)c2[nH]c(-c3ccc(N(CCCN4CCCCC4)C(=O)c4ccc(F)nc4)nc3)nc21. The summed E-state index contributed by atoms with van der Waals surface area (Å²) in [4.78, 5) is 59.7. The van der Waals surface area contributed by atoms with E-state index in [1.54, 1.807) is 23.2 Å². The lowest BCUT2D eigenvalue weighted by Crippen LogP contribution is -2.41. The zero-order chi connectivity index (χ0) is 30.3. The fraction of sp³-hybridized carbons (Fsp3) is 0.467. The third-order valence-electron chi connectivity index (χ3n) is 7.65. The summed E-state index contributed by atoms with van der Waals surface area (Å²) < 4.78 is 21.2. The van der Waals surface area contributed by atoms with Crippen molar-refractivity contribution in [3.8, 4) is 11.4 Å². The summed E-state index contributed by atoms with van der Waals surface area (Å²) in [6.07, 6.45) is 7.86. The highest BCUT2D eigenvalue weighted by Gasteiger charge is 2.22. The van der Waals surface area contributed by atoms with Gasteiger partial charge < -0.3 is 14.6 Å². The molecule has 0 bridgehead atoms. The first-order valence-electron chi connectivity index (χ1n) is 14.8. The van der Waals surface area contributed by atoms with E-state index in [4.69, 9.17) is 4.74 Å². The Kier molecular flexibility index (Phi) is 9.72. The summed E-state index contributed by atoms with van der Waals surface area (Å²) in [6, 6.07) is 6.06. The van der Waals surface area contributed by atoms with Crippen LogP contribution in [0.1, 0.15) is 49.4 Å². The highest BCUT2D eigenvalue weighted by Crippen LogP contribution is 2.22. The normalized spacial score (nSPS) is 13.9. The Morgan fingerprint density at radius 2 is 1.84 bits per heavy atom. The van der Waals surface area contributed by atoms with E-state index in [0.717, 1.165) is 30.6 Å². The van der Waals surface area contributed by atoms with Gasteiger partial charge in [-0.2, -0.15) is 4.39 Å². The number of fused-ring (bicyclic) bond motifs is 1. The van der Waals surface area contributed by atoms with Crippen LogP contribution in [-0.2, 0) is 17.8 Å². The number of likely N-dealkylation sites (tertiary alicyclic amines) is 1. The molecule has 1 amide bonds. The number of ether oxygens (including phenoxy) is 1. The van der Waals surface area contributed by atoms with Gasteiger partial charge in [0, 0.05) is 38.2 Å². The van der Waals surface area contributed by atoms with Crippen molar-refractivity contribution in [3.05, 3.63) is 69.0 Å². The van der Waals surface area contributed by atoms with Gasteiger partial charge in [0.2, 0.25) is 5.95 Å². The minimum absolute atomic E-state index is 0.129. The summed E-state index contributed by atoms with van der Waals surface area (Å²) in [6.45, 7) is 6.10. The number of amides is 1. The van der Waals surface area contributed by atoms with Crippen molar-refractivity contribution in [3.63, 3.8) is 0 Å². The monoisotopic (exact) mass is 592 g/mol. The van der Waals surface area contributed by atoms with Crippen LogP contribution in [0.5, 0.6) is 0 Å². The van der Waals surface area contributed by atoms with Crippen molar-refractivity contribution in [2.45, 2.75) is 52.1 Å². The molecule has 1 aliphatic heterocycles. The van der Waals surface area contributed by atoms with Crippen molar-refractivity contribution >= 4 is 22.9 Å². The molecular formula is C30H37FN8O4. The van der Waals surface area contributed by atoms with Gasteiger partial charge in [-0.3, -0.25) is 23.6 Å². The van der Waals surface area contributed by atoms with Crippen molar-refractivity contribution in [1.82, 2.24) is 34.0 Å². The second kappa shape index (κ2) is 13.8. The number of nitrogens with zero attached hydrogens (tertiary/aromatic N) is 7. The summed E-state index contributed by atoms with van der Waals surface area (Å²) in [7, 11) is 1.51. The lowest BCUT2D eigenvalue weighted by Gasteiger charge is -2.28. The number of pyridine rings is 2. The number of nitrogens with one attached hydrogen (secondary N) is 1. The highest BCUT2D eigenvalue weighted by atomic mass is 19.1. The number of hydrogen-bond donors (Lipinski definition) is 1. The number of rotatable bonds is 12. The van der Waals surface area contributed by atoms with Crippen LogP contribution >= 0.6 is 0 Å². The minimum atomic E-state index is -0.656. The van der Waals surface area contributed by atoms with E-state index < -0.39 is 17.2 Å². The molecule has 228 valence electrons. The standard InChI is InChI=1S/C30H37FN8O4/c1-3-12-38-27-25(29(41)39(30(38)42)17-18-43-2)34-26(35-27)21-9-11-24(33-19-21)37(16-7-15-36-13-5-4-6-14-36)28(40)22-8-10-23(31)32-20-22/h8-11,19-20H,3-7,12-18H2,1-2H3,(H,34,35). The number of aromatic nitrogens is 6. The number of imidazole rings is 1. The predicted octanol–water partition coefficient (Wildman–Crippen LogP) is 3.06. The van der Waals surface area contributed by atoms with Gasteiger partial charge in [-0.15, -0.1) is 0 Å². The number of H-pyrrole nitrogens is 1. The van der Waals surface area contributed by atoms with Crippen molar-refractivity contribution < 1.29 is 13.9 Å². The van der Waals surface area contributed by atoms with E-state index in [0.29, 0.717) is 36.7 Å². The Hall–Kier alpha value is -4.23. The number of carbonyl (C=O) groups is 1. The summed E-state index contributed by atoms with van der Waals surface area (Å²) in [5.41, 5.74) is 0.455. The van der Waals surface area contributed by atoms with Crippen LogP contribution in [0.15, 0.2) is 46.2 Å². The number of carbonyl (C=O) groups excluding carboxylic acids is 1. The minimum Gasteiger partial charge on any atom is -0.383 e. The fourth-order valence-corrected chi connectivity index (χ4v) is 5.41. The van der Waals surface area contributed by atoms with E-state index in [-0.39, 0.29) is 35.8 Å². The smallest absolute Gasteiger partial charge is 0.332 e. The first-order valence-corrected chi connectivity index (χ1v) is 14.8. The highest BCUT2D eigenvalue weighted by molar-refractivity contribution is 6.05. The zero-order valence-electron chi connectivity index (χ0n) is 24.6. The van der Waals surface area contributed by atoms with E-state index in [9.17, 15) is 18.8 Å². The molecule has 1 aliphatic rings. The second-order valence-corrected chi connectivity index (χ2v) is 10.7. The van der Waals surface area contributed by atoms with Gasteiger partial charge in [0.1, 0.15) is 17.2 Å². The molecule has 0 aliphatic carbocycles. The van der Waals surface area contributed by atoms with Gasteiger partial charge in [0.25, 0.3) is 11.5 Å². The molecule has 1 N–H and O–H groups in total. The Labute approximate surface area is 248 Å². The molecule has 1 fully saturated rings. The summed E-state index contributed by atoms with van der Waals surface area (Å²) >= 11 is 0. The number of hydrogen-bond acceptors (Lipinski definition) is 8. The fourth-order valence-electron chi connectivity index (χ4n) is 5.41. The predicted molar refractivity (Wildman–Crippen MR) is 161 cm³/mol. The first-order chi connectivity index (χ1) is 20.9. The maximum atomic E-state index is 13.5. The largest absolute Gasteiger partial charge is 0.383 e. The third kappa shape index (κ3) is 6.73. The van der Waals surface area contributed by atoms with Crippen molar-refractivity contribution in [2.24, 2.45) is 0 Å². The van der Waals surface area contributed by atoms with Crippen LogP contribution in [0, 0.1) is 5.95 Å². The van der Waals surface area contributed by atoms with Crippen LogP contribution in [0.3, 0.4) is 0 Å². The molecule has 0 radical (unpaired) electrons. The molecule has 0 saturated carbocycles. The lowest BCUT2D eigenvalue weighted by molar-refractivity contribution is 0.0984. The van der Waals surface area contributed by atoms with Crippen molar-refractivity contribution in [2.75, 3.05) is 44.8 Å². The van der Waals surface area contributed by atoms with Gasteiger partial charge in [0.15, 0.2) is 5.65 Å². The molecule has 5 heterocycles. The third-order valence-corrected chi connectivity index (χ3v) is 7.65. The Bertz CT molecular complexity index is 1660. The van der Waals surface area contributed by atoms with Crippen LogP contribution in [0.4, 0.5) is 10.2 Å². The maximum absolute atomic E-state index is 13.5. The number of anilines is 1. The maximum Gasteiger partial charge on any atom is 0.332 e. The summed E-state index contributed by atoms with van der Waals surface area (Å²) in [5.74, 6) is -0.171. The van der Waals surface area contributed by atoms with Crippen molar-refractivity contribution in [1.29, 1.82) is 0 Å². The topological polar surface area (TPSA) is 131 Å². The van der Waals surface area contributed by atoms with Crippen LogP contribution < -0.4 is 16.1 Å². The quantitative estimate of drug-likeness (QED) is 0.249. The van der Waals surface area contributed by atoms with Gasteiger partial charge in [-0.25, -0.2) is 19.7 Å². The molecule has 0 unspecified atom stereocenters. The molecule has 0 atom stereocenters. The van der Waals surface area contributed by atoms with Crippen LogP contribution in [0.2, 0.25) is 0 Å². The van der Waals surface area contributed by atoms with Gasteiger partial charge >= 0.3 is 5.69 Å². The van der Waals surface area contributed by atoms with E-state index in [1.165, 1.54) is 49.3 Å². The van der Waals surface area contributed by atoms with Gasteiger partial charge in [-0.05, 0) is 69.6 Å². The van der Waals surface area contributed by atoms with Crippen LogP contribution in [-0.4, -0.2) is 79.8 Å². The first kappa shape index (κ1) is 30.2. The lowest BCUT2D eigenvalue weighted by atomic mass is 10.1. The van der Waals surface area contributed by atoms with Gasteiger partial charge in [-0.1, -0.05) is 13.3 Å². The molecule has 4 aromatic rings. The second-order valence-electron chi connectivity index (χ2n) is 10.7. The number of methoxy groups -OCH3 is 1. The Balaban J connectivity index is 1.44. The zero-order valence-corrected chi connectivity index (χ0v) is 24.6. The molecule has 1 saturated heterocycles. The Morgan fingerprint density at radius 3 is 2.51 bits per heavy atom. The molecular weight excluding hydrogens is 555 g/mol. The molecule has 0 aromatic carbocycles. The van der Waals surface area contributed by atoms with E-state index in [2.05, 4.69) is 24.8 Å². The summed E-state index contributed by atoms with van der Waals surface area (Å²) in [5, 5.41) is 0. The van der Waals surface area contributed by atoms with Crippen LogP contribution in [0.25, 0.3) is 22.6 Å². The van der Waals surface area contributed by atoms with Gasteiger partial charge in [0.05, 0.1) is 18.7 Å². The molecule has 13 heteroatoms. The average Bonchev–Trinajstić information content (AvgIpc) is 3.48. The average molecular weight is 593 g/mol. The molecule has 12 nitrogen and oxygen atoms in total.